The Bertz CT molecular complexity index is 3290. The van der Waals surface area contributed by atoms with E-state index in [2.05, 4.69) is 291 Å². The molecular formula is C67H49N. The largest absolute Gasteiger partial charge is 0.310 e. The number of anilines is 3. The summed E-state index contributed by atoms with van der Waals surface area (Å²) in [6, 6.07) is 97.2. The molecule has 0 fully saturated rings. The van der Waals surface area contributed by atoms with Crippen LogP contribution in [0.1, 0.15) is 27.8 Å². The lowest BCUT2D eigenvalue weighted by Gasteiger charge is -2.37. The summed E-state index contributed by atoms with van der Waals surface area (Å²) in [4.78, 5) is 2.43. The van der Waals surface area contributed by atoms with Crippen molar-refractivity contribution in [3.05, 3.63) is 320 Å². The SMILES string of the molecule is C=C/C=C\C1=C(c2ccccc2)C(c2ccccc2)(c2ccc(-c3ccccc3)cc2)c2cc(N(c3ccc(-c4ccccc4)cc3)c3ccc(-c4ccccc4)cc3)cc(-c3ccccc3)c21. The van der Waals surface area contributed by atoms with E-state index in [1.165, 1.54) is 66.8 Å². The molecule has 1 unspecified atom stereocenters. The summed E-state index contributed by atoms with van der Waals surface area (Å²) >= 11 is 0. The fourth-order valence-corrected chi connectivity index (χ4v) is 10.3. The predicted molar refractivity (Wildman–Crippen MR) is 288 cm³/mol. The van der Waals surface area contributed by atoms with Gasteiger partial charge in [-0.2, -0.15) is 0 Å². The normalized spacial score (nSPS) is 14.2. The Morgan fingerprint density at radius 3 is 1.15 bits per heavy atom. The predicted octanol–water partition coefficient (Wildman–Crippen LogP) is 17.8. The van der Waals surface area contributed by atoms with Crippen LogP contribution < -0.4 is 4.90 Å². The highest BCUT2D eigenvalue weighted by Crippen LogP contribution is 2.61. The zero-order valence-corrected chi connectivity index (χ0v) is 37.8. The summed E-state index contributed by atoms with van der Waals surface area (Å²) < 4.78 is 0. The lowest BCUT2D eigenvalue weighted by Crippen LogP contribution is -2.29. The van der Waals surface area contributed by atoms with Gasteiger partial charge in [-0.25, -0.2) is 0 Å². The second kappa shape index (κ2) is 18.6. The molecular weight excluding hydrogens is 819 g/mol. The Morgan fingerprint density at radius 2 is 0.706 bits per heavy atom. The number of fused-ring (bicyclic) bond motifs is 1. The molecule has 322 valence electrons. The smallest absolute Gasteiger partial charge is 0.0720 e. The van der Waals surface area contributed by atoms with Gasteiger partial charge in [-0.15, -0.1) is 0 Å². The second-order valence-electron chi connectivity index (χ2n) is 17.3. The third-order valence-corrected chi connectivity index (χ3v) is 13.3. The van der Waals surface area contributed by atoms with Crippen LogP contribution in [0.4, 0.5) is 17.1 Å². The standard InChI is InChI=1S/C67H49N/c1-2-3-34-62-65-63(55-28-16-7-17-29-55)47-61(68(59-43-37-53(38-44-59)50-24-12-5-13-25-50)60-45-39-54(40-46-60)51-26-14-6-15-27-51)48-64(65)67(57-32-20-9-21-33-57,66(62)56-30-18-8-19-31-56)58-41-35-52(36-42-58)49-22-10-4-11-23-49/h2-48H,1H2/b34-3-. The van der Waals surface area contributed by atoms with Crippen molar-refractivity contribution >= 4 is 28.2 Å². The van der Waals surface area contributed by atoms with E-state index >= 15 is 0 Å². The van der Waals surface area contributed by atoms with E-state index < -0.39 is 5.41 Å². The highest BCUT2D eigenvalue weighted by molar-refractivity contribution is 6.12. The van der Waals surface area contributed by atoms with Crippen molar-refractivity contribution in [2.45, 2.75) is 5.41 Å². The molecule has 0 spiro atoms. The maximum absolute atomic E-state index is 4.19. The summed E-state index contributed by atoms with van der Waals surface area (Å²) in [6.45, 7) is 4.19. The highest BCUT2D eigenvalue weighted by atomic mass is 15.1. The van der Waals surface area contributed by atoms with E-state index in [1.807, 2.05) is 6.08 Å². The molecule has 0 aliphatic heterocycles. The lowest BCUT2D eigenvalue weighted by molar-refractivity contribution is 0.814. The van der Waals surface area contributed by atoms with Crippen LogP contribution in [0.25, 0.3) is 55.7 Å². The van der Waals surface area contributed by atoms with Crippen LogP contribution in [0.5, 0.6) is 0 Å². The van der Waals surface area contributed by atoms with Crippen LogP contribution in [-0.2, 0) is 5.41 Å². The first-order valence-corrected chi connectivity index (χ1v) is 23.4. The first-order chi connectivity index (χ1) is 33.7. The van der Waals surface area contributed by atoms with E-state index in [-0.39, 0.29) is 0 Å². The van der Waals surface area contributed by atoms with Crippen molar-refractivity contribution < 1.29 is 0 Å². The Balaban J connectivity index is 1.24. The van der Waals surface area contributed by atoms with Gasteiger partial charge in [0.2, 0.25) is 0 Å². The molecule has 0 saturated carbocycles. The summed E-state index contributed by atoms with van der Waals surface area (Å²) in [6.07, 6.45) is 6.27. The molecule has 0 amide bonds. The second-order valence-corrected chi connectivity index (χ2v) is 17.3. The number of allylic oxidation sites excluding steroid dienone is 5. The Kier molecular flexibility index (Phi) is 11.5. The van der Waals surface area contributed by atoms with Crippen LogP contribution in [0, 0.1) is 0 Å². The molecule has 0 N–H and O–H groups in total. The summed E-state index contributed by atoms with van der Waals surface area (Å²) in [5, 5.41) is 0. The highest BCUT2D eigenvalue weighted by Gasteiger charge is 2.49. The van der Waals surface area contributed by atoms with Crippen molar-refractivity contribution in [2.75, 3.05) is 4.90 Å². The zero-order chi connectivity index (χ0) is 45.7. The maximum Gasteiger partial charge on any atom is 0.0720 e. The molecule has 1 atom stereocenters. The van der Waals surface area contributed by atoms with Gasteiger partial charge in [0.25, 0.3) is 0 Å². The van der Waals surface area contributed by atoms with Crippen LogP contribution in [0.3, 0.4) is 0 Å². The molecule has 0 bridgehead atoms. The minimum absolute atomic E-state index is 0.756. The number of nitrogens with zero attached hydrogens (tertiary/aromatic N) is 1. The lowest BCUT2D eigenvalue weighted by atomic mass is 9.65. The van der Waals surface area contributed by atoms with Crippen molar-refractivity contribution in [1.29, 1.82) is 0 Å². The van der Waals surface area contributed by atoms with Gasteiger partial charge in [0, 0.05) is 17.1 Å². The molecule has 10 aromatic rings. The van der Waals surface area contributed by atoms with Crippen LogP contribution in [0.2, 0.25) is 0 Å². The van der Waals surface area contributed by atoms with E-state index in [1.54, 1.807) is 0 Å². The fourth-order valence-electron chi connectivity index (χ4n) is 10.3. The van der Waals surface area contributed by atoms with E-state index in [9.17, 15) is 0 Å². The Labute approximate surface area is 400 Å². The Hall–Kier alpha value is -8.78. The number of hydrogen-bond acceptors (Lipinski definition) is 1. The van der Waals surface area contributed by atoms with Gasteiger partial charge in [0.1, 0.15) is 0 Å². The number of hydrogen-bond donors (Lipinski definition) is 0. The van der Waals surface area contributed by atoms with E-state index in [0.717, 1.165) is 33.8 Å². The molecule has 1 aliphatic rings. The minimum Gasteiger partial charge on any atom is -0.310 e. The van der Waals surface area contributed by atoms with Crippen molar-refractivity contribution in [3.8, 4) is 44.5 Å². The summed E-state index contributed by atoms with van der Waals surface area (Å²) in [7, 11) is 0. The number of rotatable bonds is 12. The van der Waals surface area contributed by atoms with Crippen molar-refractivity contribution in [2.24, 2.45) is 0 Å². The molecule has 0 radical (unpaired) electrons. The van der Waals surface area contributed by atoms with Gasteiger partial charge in [0.05, 0.1) is 5.41 Å². The van der Waals surface area contributed by atoms with Gasteiger partial charge in [0.15, 0.2) is 0 Å². The topological polar surface area (TPSA) is 3.24 Å². The molecule has 0 saturated heterocycles. The first-order valence-electron chi connectivity index (χ1n) is 23.4. The van der Waals surface area contributed by atoms with Gasteiger partial charge >= 0.3 is 0 Å². The maximum atomic E-state index is 4.19. The third-order valence-electron chi connectivity index (χ3n) is 13.3. The van der Waals surface area contributed by atoms with Gasteiger partial charge < -0.3 is 4.90 Å². The van der Waals surface area contributed by atoms with E-state index in [0.29, 0.717) is 0 Å². The minimum atomic E-state index is -0.756. The molecule has 11 rings (SSSR count). The van der Waals surface area contributed by atoms with E-state index in [4.69, 9.17) is 0 Å². The van der Waals surface area contributed by atoms with Gasteiger partial charge in [-0.3, -0.25) is 0 Å². The van der Waals surface area contributed by atoms with Gasteiger partial charge in [-0.05, 0) is 120 Å². The number of benzene rings is 10. The quantitative estimate of drug-likeness (QED) is 0.111. The summed E-state index contributed by atoms with van der Waals surface area (Å²) in [5.74, 6) is 0. The molecule has 1 heteroatoms. The van der Waals surface area contributed by atoms with Crippen LogP contribution in [0.15, 0.2) is 292 Å². The summed E-state index contributed by atoms with van der Waals surface area (Å²) in [5.41, 5.74) is 20.2. The monoisotopic (exact) mass is 867 g/mol. The average Bonchev–Trinajstić information content (AvgIpc) is 3.72. The third kappa shape index (κ3) is 7.70. The van der Waals surface area contributed by atoms with Gasteiger partial charge in [-0.1, -0.05) is 255 Å². The average molecular weight is 868 g/mol. The van der Waals surface area contributed by atoms with Crippen LogP contribution >= 0.6 is 0 Å². The molecule has 68 heavy (non-hydrogen) atoms. The van der Waals surface area contributed by atoms with Crippen molar-refractivity contribution in [1.82, 2.24) is 0 Å². The molecule has 1 nitrogen and oxygen atoms in total. The molecule has 0 heterocycles. The fraction of sp³-hybridized carbons (Fsp3) is 0.0149. The van der Waals surface area contributed by atoms with Crippen LogP contribution in [-0.4, -0.2) is 0 Å². The molecule has 10 aromatic carbocycles. The molecule has 1 aliphatic carbocycles. The Morgan fingerprint density at radius 1 is 0.338 bits per heavy atom. The first kappa shape index (κ1) is 41.9. The van der Waals surface area contributed by atoms with Crippen molar-refractivity contribution in [3.63, 3.8) is 0 Å². The molecule has 0 aromatic heterocycles. The zero-order valence-electron chi connectivity index (χ0n) is 37.8.